The third kappa shape index (κ3) is 2.90. The zero-order valence-electron chi connectivity index (χ0n) is 11.5. The summed E-state index contributed by atoms with van der Waals surface area (Å²) < 4.78 is 5.34. The molecule has 0 aromatic heterocycles. The van der Waals surface area contributed by atoms with Gasteiger partial charge in [0.2, 0.25) is 0 Å². The van der Waals surface area contributed by atoms with Crippen molar-refractivity contribution in [2.45, 2.75) is 51.4 Å². The Labute approximate surface area is 113 Å². The van der Waals surface area contributed by atoms with Gasteiger partial charge >= 0.3 is 5.97 Å². The molecule has 4 nitrogen and oxygen atoms in total. The summed E-state index contributed by atoms with van der Waals surface area (Å²) in [7, 11) is 0. The third-order valence-electron chi connectivity index (χ3n) is 4.35. The Morgan fingerprint density at radius 3 is 2.74 bits per heavy atom. The van der Waals surface area contributed by atoms with E-state index in [1.54, 1.807) is 0 Å². The van der Waals surface area contributed by atoms with Crippen LogP contribution in [-0.2, 0) is 9.53 Å². The molecule has 0 spiro atoms. The minimum Gasteiger partial charge on any atom is -0.458 e. The lowest BCUT2D eigenvalue weighted by molar-refractivity contribution is -0.142. The molecule has 5 atom stereocenters. The first kappa shape index (κ1) is 14.3. The van der Waals surface area contributed by atoms with Crippen LogP contribution in [0, 0.1) is 11.8 Å². The van der Waals surface area contributed by atoms with Gasteiger partial charge in [0.25, 0.3) is 0 Å². The predicted octanol–water partition coefficient (Wildman–Crippen LogP) is 1.57. The number of esters is 1. The predicted molar refractivity (Wildman–Crippen MR) is 71.3 cm³/mol. The zero-order valence-corrected chi connectivity index (χ0v) is 11.5. The first-order valence-corrected chi connectivity index (χ1v) is 6.82. The number of fused-ring (bicyclic) bond motifs is 1. The summed E-state index contributed by atoms with van der Waals surface area (Å²) in [4.78, 5) is 11.7. The summed E-state index contributed by atoms with van der Waals surface area (Å²) in [6, 6.07) is 0. The fourth-order valence-corrected chi connectivity index (χ4v) is 2.80. The summed E-state index contributed by atoms with van der Waals surface area (Å²) in [5.74, 6) is -0.516. The summed E-state index contributed by atoms with van der Waals surface area (Å²) in [5.41, 5.74) is 1.54. The monoisotopic (exact) mass is 266 g/mol. The Morgan fingerprint density at radius 1 is 1.37 bits per heavy atom. The van der Waals surface area contributed by atoms with Crippen molar-refractivity contribution in [3.05, 3.63) is 23.8 Å². The second-order valence-corrected chi connectivity index (χ2v) is 5.73. The highest BCUT2D eigenvalue weighted by Gasteiger charge is 2.42. The molecule has 1 fully saturated rings. The Morgan fingerprint density at radius 2 is 2.05 bits per heavy atom. The summed E-state index contributed by atoms with van der Waals surface area (Å²) in [6.45, 7) is 7.55. The second kappa shape index (κ2) is 5.47. The van der Waals surface area contributed by atoms with Crippen molar-refractivity contribution in [2.24, 2.45) is 11.8 Å². The van der Waals surface area contributed by atoms with Gasteiger partial charge in [-0.05, 0) is 43.4 Å². The fraction of sp³-hybridized carbons (Fsp3) is 0.667. The molecule has 0 unspecified atom stereocenters. The van der Waals surface area contributed by atoms with Crippen LogP contribution in [-0.4, -0.2) is 34.5 Å². The van der Waals surface area contributed by atoms with Crippen molar-refractivity contribution < 1.29 is 19.7 Å². The Balaban J connectivity index is 2.30. The number of aliphatic hydroxyl groups excluding tert-OH is 2. The highest BCUT2D eigenvalue weighted by molar-refractivity contribution is 5.75. The molecule has 2 N–H and O–H groups in total. The standard InChI is InChI=1S/C15H22O4/c1-8-4-5-12(16)9(2)6-14-11(7-13(8)17)10(3)15(18)19-14/h6,10-14,16-17H,1,4-5,7H2,2-3H3/b9-6+/t10-,11-,12+,13-,14+/m0/s1. The lowest BCUT2D eigenvalue weighted by Crippen LogP contribution is -2.27. The number of carbonyl (C=O) groups is 1. The summed E-state index contributed by atoms with van der Waals surface area (Å²) >= 11 is 0. The van der Waals surface area contributed by atoms with E-state index < -0.39 is 12.2 Å². The van der Waals surface area contributed by atoms with Gasteiger partial charge in [0.05, 0.1) is 18.1 Å². The Hall–Kier alpha value is -1.13. The first-order valence-electron chi connectivity index (χ1n) is 6.82. The van der Waals surface area contributed by atoms with Crippen LogP contribution in [0.2, 0.25) is 0 Å². The van der Waals surface area contributed by atoms with Gasteiger partial charge in [-0.25, -0.2) is 0 Å². The molecule has 4 heteroatoms. The van der Waals surface area contributed by atoms with Crippen LogP contribution in [0.25, 0.3) is 0 Å². The van der Waals surface area contributed by atoms with Gasteiger partial charge in [0, 0.05) is 5.92 Å². The van der Waals surface area contributed by atoms with Crippen LogP contribution >= 0.6 is 0 Å². The van der Waals surface area contributed by atoms with E-state index in [0.717, 1.165) is 11.1 Å². The molecule has 2 rings (SSSR count). The molecule has 1 heterocycles. The van der Waals surface area contributed by atoms with E-state index in [-0.39, 0.29) is 23.9 Å². The zero-order chi connectivity index (χ0) is 14.2. The van der Waals surface area contributed by atoms with Crippen LogP contribution in [0.15, 0.2) is 23.8 Å². The largest absolute Gasteiger partial charge is 0.458 e. The lowest BCUT2D eigenvalue weighted by Gasteiger charge is -2.25. The van der Waals surface area contributed by atoms with Crippen molar-refractivity contribution in [2.75, 3.05) is 0 Å². The highest BCUT2D eigenvalue weighted by atomic mass is 16.6. The Kier molecular flexibility index (Phi) is 4.11. The van der Waals surface area contributed by atoms with Crippen molar-refractivity contribution in [1.82, 2.24) is 0 Å². The molecule has 106 valence electrons. The normalized spacial score (nSPS) is 43.2. The maximum absolute atomic E-state index is 11.7. The van der Waals surface area contributed by atoms with E-state index in [9.17, 15) is 15.0 Å². The minimum absolute atomic E-state index is 0.0560. The van der Waals surface area contributed by atoms with Crippen molar-refractivity contribution in [1.29, 1.82) is 0 Å². The Bertz CT molecular complexity index is 412. The SMILES string of the molecule is C=C1CC[C@@H](O)/C(C)=C/[C@H]2OC(=O)[C@@H](C)[C@@H]2C[C@@H]1O. The smallest absolute Gasteiger partial charge is 0.309 e. The van der Waals surface area contributed by atoms with Crippen LogP contribution in [0.4, 0.5) is 0 Å². The van der Waals surface area contributed by atoms with Gasteiger partial charge in [-0.15, -0.1) is 0 Å². The molecule has 0 aromatic carbocycles. The molecule has 0 saturated carbocycles. The topological polar surface area (TPSA) is 66.8 Å². The van der Waals surface area contributed by atoms with Crippen molar-refractivity contribution >= 4 is 5.97 Å². The number of hydrogen-bond donors (Lipinski definition) is 2. The summed E-state index contributed by atoms with van der Waals surface area (Å²) in [6.07, 6.45) is 1.89. The van der Waals surface area contributed by atoms with Crippen LogP contribution in [0.5, 0.6) is 0 Å². The van der Waals surface area contributed by atoms with Gasteiger partial charge in [-0.1, -0.05) is 13.5 Å². The molecule has 1 aliphatic carbocycles. The average molecular weight is 266 g/mol. The molecule has 1 saturated heterocycles. The molecule has 0 bridgehead atoms. The fourth-order valence-electron chi connectivity index (χ4n) is 2.80. The van der Waals surface area contributed by atoms with Crippen molar-refractivity contribution in [3.8, 4) is 0 Å². The van der Waals surface area contributed by atoms with E-state index in [4.69, 9.17) is 4.74 Å². The van der Waals surface area contributed by atoms with Crippen LogP contribution in [0.1, 0.15) is 33.1 Å². The number of hydrogen-bond acceptors (Lipinski definition) is 4. The highest BCUT2D eigenvalue weighted by Crippen LogP contribution is 2.35. The molecule has 0 radical (unpaired) electrons. The van der Waals surface area contributed by atoms with Crippen LogP contribution in [0.3, 0.4) is 0 Å². The van der Waals surface area contributed by atoms with E-state index in [0.29, 0.717) is 19.3 Å². The maximum atomic E-state index is 11.7. The average Bonchev–Trinajstić information content (AvgIpc) is 2.62. The van der Waals surface area contributed by atoms with E-state index in [1.165, 1.54) is 0 Å². The molecule has 19 heavy (non-hydrogen) atoms. The lowest BCUT2D eigenvalue weighted by atomic mass is 9.82. The van der Waals surface area contributed by atoms with E-state index in [1.807, 2.05) is 19.9 Å². The van der Waals surface area contributed by atoms with E-state index in [2.05, 4.69) is 6.58 Å². The summed E-state index contributed by atoms with van der Waals surface area (Å²) in [5, 5.41) is 20.2. The number of ether oxygens (including phenoxy) is 1. The number of carbonyl (C=O) groups excluding carboxylic acids is 1. The van der Waals surface area contributed by atoms with Gasteiger partial charge in [0.1, 0.15) is 6.10 Å². The molecular formula is C15H22O4. The first-order chi connectivity index (χ1) is 8.90. The molecular weight excluding hydrogens is 244 g/mol. The molecule has 0 aromatic rings. The number of aliphatic hydroxyl groups is 2. The molecule has 0 amide bonds. The molecule has 1 aliphatic heterocycles. The van der Waals surface area contributed by atoms with E-state index >= 15 is 0 Å². The van der Waals surface area contributed by atoms with Gasteiger partial charge in [-0.2, -0.15) is 0 Å². The quantitative estimate of drug-likeness (QED) is 0.516. The van der Waals surface area contributed by atoms with Crippen molar-refractivity contribution in [3.63, 3.8) is 0 Å². The van der Waals surface area contributed by atoms with Gasteiger partial charge in [-0.3, -0.25) is 4.79 Å². The third-order valence-corrected chi connectivity index (χ3v) is 4.35. The molecule has 2 aliphatic rings. The number of rotatable bonds is 0. The maximum Gasteiger partial charge on any atom is 0.309 e. The van der Waals surface area contributed by atoms with Gasteiger partial charge in [0.15, 0.2) is 0 Å². The van der Waals surface area contributed by atoms with Crippen LogP contribution < -0.4 is 0 Å². The van der Waals surface area contributed by atoms with Gasteiger partial charge < -0.3 is 14.9 Å². The second-order valence-electron chi connectivity index (χ2n) is 5.73. The minimum atomic E-state index is -0.636.